The van der Waals surface area contributed by atoms with Gasteiger partial charge in [0.15, 0.2) is 0 Å². The SMILES string of the molecule is CC1CCCC(C)N1/C=C/[N+](=O)[O-]. The quantitative estimate of drug-likeness (QED) is 0.487. The van der Waals surface area contributed by atoms with Gasteiger partial charge in [-0.25, -0.2) is 0 Å². The smallest absolute Gasteiger partial charge is 0.250 e. The molecule has 1 saturated heterocycles. The summed E-state index contributed by atoms with van der Waals surface area (Å²) in [6, 6.07) is 0.861. The van der Waals surface area contributed by atoms with Crippen LogP contribution < -0.4 is 0 Å². The van der Waals surface area contributed by atoms with E-state index in [-0.39, 0.29) is 0 Å². The van der Waals surface area contributed by atoms with Crippen LogP contribution in [0.5, 0.6) is 0 Å². The first kappa shape index (κ1) is 10.0. The molecule has 0 N–H and O–H groups in total. The molecule has 1 aliphatic rings. The highest BCUT2D eigenvalue weighted by atomic mass is 16.6. The molecule has 0 saturated carbocycles. The Labute approximate surface area is 78.4 Å². The predicted molar refractivity (Wildman–Crippen MR) is 50.7 cm³/mol. The monoisotopic (exact) mass is 184 g/mol. The summed E-state index contributed by atoms with van der Waals surface area (Å²) >= 11 is 0. The lowest BCUT2D eigenvalue weighted by atomic mass is 9.98. The number of hydrogen-bond donors (Lipinski definition) is 0. The summed E-state index contributed by atoms with van der Waals surface area (Å²) in [5.41, 5.74) is 0. The summed E-state index contributed by atoms with van der Waals surface area (Å²) in [4.78, 5) is 11.8. The molecule has 0 aromatic carbocycles. The van der Waals surface area contributed by atoms with Gasteiger partial charge in [-0.3, -0.25) is 10.1 Å². The van der Waals surface area contributed by atoms with E-state index in [1.807, 2.05) is 0 Å². The second-order valence-corrected chi connectivity index (χ2v) is 3.66. The van der Waals surface area contributed by atoms with E-state index in [2.05, 4.69) is 18.7 Å². The van der Waals surface area contributed by atoms with E-state index in [0.29, 0.717) is 12.1 Å². The van der Waals surface area contributed by atoms with Gasteiger partial charge in [0.25, 0.3) is 0 Å². The fourth-order valence-corrected chi connectivity index (χ4v) is 1.87. The second-order valence-electron chi connectivity index (χ2n) is 3.66. The van der Waals surface area contributed by atoms with E-state index in [1.54, 1.807) is 6.20 Å². The lowest BCUT2D eigenvalue weighted by Gasteiger charge is -2.37. The minimum atomic E-state index is -0.409. The van der Waals surface area contributed by atoms with Crippen LogP contribution >= 0.6 is 0 Å². The van der Waals surface area contributed by atoms with Crippen LogP contribution in [0.2, 0.25) is 0 Å². The third-order valence-electron chi connectivity index (χ3n) is 2.62. The number of hydrogen-bond acceptors (Lipinski definition) is 3. The highest BCUT2D eigenvalue weighted by Crippen LogP contribution is 2.22. The number of nitro groups is 1. The summed E-state index contributed by atoms with van der Waals surface area (Å²) < 4.78 is 0. The molecule has 0 bridgehead atoms. The Morgan fingerprint density at radius 1 is 1.38 bits per heavy atom. The van der Waals surface area contributed by atoms with Gasteiger partial charge in [0, 0.05) is 12.1 Å². The molecule has 74 valence electrons. The van der Waals surface area contributed by atoms with Crippen molar-refractivity contribution in [2.45, 2.75) is 45.2 Å². The van der Waals surface area contributed by atoms with Crippen molar-refractivity contribution in [3.63, 3.8) is 0 Å². The van der Waals surface area contributed by atoms with Crippen molar-refractivity contribution in [1.82, 2.24) is 4.90 Å². The second kappa shape index (κ2) is 4.25. The minimum absolute atomic E-state index is 0.409. The van der Waals surface area contributed by atoms with E-state index < -0.39 is 4.92 Å². The summed E-state index contributed by atoms with van der Waals surface area (Å²) in [6.07, 6.45) is 6.12. The molecule has 1 heterocycles. The van der Waals surface area contributed by atoms with Crippen molar-refractivity contribution in [1.29, 1.82) is 0 Å². The largest absolute Gasteiger partial charge is 0.367 e. The first-order chi connectivity index (χ1) is 6.11. The van der Waals surface area contributed by atoms with Crippen LogP contribution in [0.1, 0.15) is 33.1 Å². The van der Waals surface area contributed by atoms with Gasteiger partial charge in [0.1, 0.15) is 0 Å². The molecule has 0 aromatic rings. The Bertz CT molecular complexity index is 206. The summed E-state index contributed by atoms with van der Waals surface area (Å²) in [5, 5.41) is 10.1. The minimum Gasteiger partial charge on any atom is -0.367 e. The molecule has 0 radical (unpaired) electrons. The van der Waals surface area contributed by atoms with Crippen LogP contribution in [0.3, 0.4) is 0 Å². The van der Waals surface area contributed by atoms with Gasteiger partial charge in [-0.05, 0) is 33.1 Å². The Morgan fingerprint density at radius 2 is 1.92 bits per heavy atom. The molecule has 1 aliphatic heterocycles. The maximum Gasteiger partial charge on any atom is 0.250 e. The Kier molecular flexibility index (Phi) is 3.28. The van der Waals surface area contributed by atoms with Crippen molar-refractivity contribution in [2.75, 3.05) is 0 Å². The van der Waals surface area contributed by atoms with E-state index in [1.165, 1.54) is 6.42 Å². The van der Waals surface area contributed by atoms with E-state index >= 15 is 0 Å². The summed E-state index contributed by atoms with van der Waals surface area (Å²) in [7, 11) is 0. The van der Waals surface area contributed by atoms with Crippen molar-refractivity contribution >= 4 is 0 Å². The normalized spacial score (nSPS) is 29.5. The van der Waals surface area contributed by atoms with Crippen LogP contribution in [0, 0.1) is 10.1 Å². The average molecular weight is 184 g/mol. The average Bonchev–Trinajstić information content (AvgIpc) is 2.03. The van der Waals surface area contributed by atoms with Gasteiger partial charge in [0.05, 0.1) is 11.1 Å². The Balaban J connectivity index is 2.58. The lowest BCUT2D eigenvalue weighted by Crippen LogP contribution is -2.39. The number of nitrogens with zero attached hydrogens (tertiary/aromatic N) is 2. The maximum atomic E-state index is 10.1. The van der Waals surface area contributed by atoms with Gasteiger partial charge >= 0.3 is 0 Å². The van der Waals surface area contributed by atoms with Gasteiger partial charge in [-0.15, -0.1) is 0 Å². The molecule has 4 nitrogen and oxygen atoms in total. The molecule has 0 aliphatic carbocycles. The zero-order valence-corrected chi connectivity index (χ0v) is 8.14. The van der Waals surface area contributed by atoms with E-state index in [9.17, 15) is 10.1 Å². The van der Waals surface area contributed by atoms with Crippen molar-refractivity contribution in [3.8, 4) is 0 Å². The molecule has 2 atom stereocenters. The Morgan fingerprint density at radius 3 is 2.38 bits per heavy atom. The maximum absolute atomic E-state index is 10.1. The molecular formula is C9H16N2O2. The summed E-state index contributed by atoms with van der Waals surface area (Å²) in [5.74, 6) is 0. The molecule has 0 amide bonds. The molecule has 0 spiro atoms. The first-order valence-electron chi connectivity index (χ1n) is 4.70. The fourth-order valence-electron chi connectivity index (χ4n) is 1.87. The number of rotatable bonds is 2. The van der Waals surface area contributed by atoms with Crippen LogP contribution in [-0.4, -0.2) is 21.9 Å². The van der Waals surface area contributed by atoms with Crippen molar-refractivity contribution < 1.29 is 4.92 Å². The van der Waals surface area contributed by atoms with Crippen molar-refractivity contribution in [3.05, 3.63) is 22.5 Å². The third kappa shape index (κ3) is 2.72. The van der Waals surface area contributed by atoms with Crippen molar-refractivity contribution in [2.24, 2.45) is 0 Å². The predicted octanol–water partition coefficient (Wildman–Crippen LogP) is 2.00. The summed E-state index contributed by atoms with van der Waals surface area (Å²) in [6.45, 7) is 4.22. The topological polar surface area (TPSA) is 46.4 Å². The molecular weight excluding hydrogens is 168 g/mol. The van der Waals surface area contributed by atoms with Gasteiger partial charge < -0.3 is 4.90 Å². The molecule has 13 heavy (non-hydrogen) atoms. The standard InChI is InChI=1S/C9H16N2O2/c1-8-4-3-5-9(2)10(8)6-7-11(12)13/h6-9H,3-5H2,1-2H3/b7-6+. The molecule has 1 fully saturated rings. The van der Waals surface area contributed by atoms with Crippen LogP contribution in [0.25, 0.3) is 0 Å². The van der Waals surface area contributed by atoms with Gasteiger partial charge in [0.2, 0.25) is 6.20 Å². The highest BCUT2D eigenvalue weighted by molar-refractivity contribution is 4.87. The van der Waals surface area contributed by atoms with E-state index in [0.717, 1.165) is 19.0 Å². The van der Waals surface area contributed by atoms with Gasteiger partial charge in [-0.1, -0.05) is 0 Å². The first-order valence-corrected chi connectivity index (χ1v) is 4.70. The number of likely N-dealkylation sites (tertiary alicyclic amines) is 1. The fraction of sp³-hybridized carbons (Fsp3) is 0.778. The molecule has 4 heteroatoms. The lowest BCUT2D eigenvalue weighted by molar-refractivity contribution is -0.403. The zero-order valence-electron chi connectivity index (χ0n) is 8.14. The highest BCUT2D eigenvalue weighted by Gasteiger charge is 2.21. The third-order valence-corrected chi connectivity index (χ3v) is 2.62. The van der Waals surface area contributed by atoms with Crippen LogP contribution in [-0.2, 0) is 0 Å². The molecule has 2 unspecified atom stereocenters. The van der Waals surface area contributed by atoms with Gasteiger partial charge in [-0.2, -0.15) is 0 Å². The van der Waals surface area contributed by atoms with Crippen LogP contribution in [0.15, 0.2) is 12.4 Å². The zero-order chi connectivity index (χ0) is 9.84. The van der Waals surface area contributed by atoms with E-state index in [4.69, 9.17) is 0 Å². The molecule has 0 aromatic heterocycles. The number of piperidine rings is 1. The Hall–Kier alpha value is -1.06. The van der Waals surface area contributed by atoms with Crippen LogP contribution in [0.4, 0.5) is 0 Å². The molecule has 1 rings (SSSR count).